The van der Waals surface area contributed by atoms with Crippen LogP contribution >= 0.6 is 0 Å². The van der Waals surface area contributed by atoms with E-state index in [1.54, 1.807) is 47.8 Å². The first kappa shape index (κ1) is 35.2. The normalized spacial score (nSPS) is 22.3. The summed E-state index contributed by atoms with van der Waals surface area (Å²) in [5, 5.41) is 16.1. The Hall–Kier alpha value is -5.13. The Balaban J connectivity index is 1.49. The van der Waals surface area contributed by atoms with E-state index in [4.69, 9.17) is 19.2 Å². The fourth-order valence-electron chi connectivity index (χ4n) is 6.16. The maximum atomic E-state index is 14.2. The minimum absolute atomic E-state index is 0.00172. The first-order valence-electron chi connectivity index (χ1n) is 16.3. The number of rotatable bonds is 11. The van der Waals surface area contributed by atoms with Crippen LogP contribution in [0.3, 0.4) is 0 Å². The number of aromatic nitrogens is 1. The highest BCUT2D eigenvalue weighted by Gasteiger charge is 2.61. The van der Waals surface area contributed by atoms with Gasteiger partial charge in [-0.05, 0) is 45.2 Å². The van der Waals surface area contributed by atoms with Crippen molar-refractivity contribution in [1.82, 2.24) is 20.5 Å². The summed E-state index contributed by atoms with van der Waals surface area (Å²) in [7, 11) is 1.57. The van der Waals surface area contributed by atoms with Crippen molar-refractivity contribution in [2.24, 2.45) is 11.8 Å². The molecule has 1 aliphatic heterocycles. The van der Waals surface area contributed by atoms with Gasteiger partial charge in [0.25, 0.3) is 0 Å². The number of pyridine rings is 1. The molecule has 1 aliphatic carbocycles. The number of methoxy groups -OCH3 is 1. The van der Waals surface area contributed by atoms with Crippen molar-refractivity contribution in [1.29, 1.82) is 0 Å². The van der Waals surface area contributed by atoms with Crippen LogP contribution < -0.4 is 20.1 Å². The van der Waals surface area contributed by atoms with E-state index in [1.807, 2.05) is 48.5 Å². The highest BCUT2D eigenvalue weighted by atomic mass is 16.6. The molecule has 1 aromatic heterocycles. The van der Waals surface area contributed by atoms with Crippen LogP contribution in [-0.2, 0) is 19.1 Å². The number of fused-ring (bicyclic) bond motifs is 1. The second-order valence-electron chi connectivity index (χ2n) is 13.9. The number of carbonyl (C=O) groups excluding carboxylic acids is 3. The van der Waals surface area contributed by atoms with Gasteiger partial charge in [-0.25, -0.2) is 14.6 Å². The van der Waals surface area contributed by atoms with E-state index in [0.29, 0.717) is 28.1 Å². The predicted molar refractivity (Wildman–Crippen MR) is 183 cm³/mol. The number of hydrogen-bond acceptors (Lipinski definition) is 8. The Kier molecular flexibility index (Phi) is 9.89. The Morgan fingerprint density at radius 3 is 2.41 bits per heavy atom. The van der Waals surface area contributed by atoms with Crippen LogP contribution in [0.2, 0.25) is 0 Å². The van der Waals surface area contributed by atoms with Crippen LogP contribution in [-0.4, -0.2) is 81.8 Å². The molecule has 12 heteroatoms. The molecule has 3 N–H and O–H groups in total. The standard InChI is InChI=1S/C37H44N4O8/c1-8-23-19-37(23,34(44)45)40-32(42)29-17-25(20-41(29)33(43)31(21(2)3)39-35(46)49-36(4,5)6)48-30-18-27(22-12-10-9-11-13-22)38-28-16-24(47-7)14-15-26(28)30/h8-16,18,21,23,25,29,31H,1,17,19-20H2,2-7H3,(H,39,46)(H,40,42)(H,44,45)/t23?,25-,29+,31+,37?/m1/s1. The first-order valence-corrected chi connectivity index (χ1v) is 16.3. The molecule has 2 aromatic carbocycles. The number of hydrogen-bond donors (Lipinski definition) is 3. The van der Waals surface area contributed by atoms with Crippen LogP contribution in [0.25, 0.3) is 22.2 Å². The summed E-state index contributed by atoms with van der Waals surface area (Å²) in [6.07, 6.45) is 0.341. The Morgan fingerprint density at radius 2 is 1.82 bits per heavy atom. The fraction of sp³-hybridized carbons (Fsp3) is 0.432. The van der Waals surface area contributed by atoms with E-state index in [2.05, 4.69) is 17.2 Å². The van der Waals surface area contributed by atoms with E-state index in [-0.39, 0.29) is 25.3 Å². The number of carbonyl (C=O) groups is 4. The molecular weight excluding hydrogens is 628 g/mol. The summed E-state index contributed by atoms with van der Waals surface area (Å²) in [4.78, 5) is 59.4. The van der Waals surface area contributed by atoms with Crippen LogP contribution in [0, 0.1) is 11.8 Å². The van der Waals surface area contributed by atoms with Gasteiger partial charge in [-0.15, -0.1) is 6.58 Å². The molecule has 1 saturated carbocycles. The third kappa shape index (κ3) is 7.63. The van der Waals surface area contributed by atoms with Gasteiger partial charge in [0.1, 0.15) is 40.8 Å². The van der Waals surface area contributed by atoms with Gasteiger partial charge >= 0.3 is 12.1 Å². The minimum atomic E-state index is -1.50. The lowest BCUT2D eigenvalue weighted by atomic mass is 10.0. The van der Waals surface area contributed by atoms with Crippen molar-refractivity contribution in [3.63, 3.8) is 0 Å². The Labute approximate surface area is 285 Å². The third-order valence-corrected chi connectivity index (χ3v) is 8.82. The number of alkyl carbamates (subject to hydrolysis) is 1. The van der Waals surface area contributed by atoms with E-state index in [1.165, 1.54) is 11.0 Å². The number of carboxylic acid groups (broad SMARTS) is 1. The van der Waals surface area contributed by atoms with Crippen molar-refractivity contribution in [3.8, 4) is 22.8 Å². The summed E-state index contributed by atoms with van der Waals surface area (Å²) in [6, 6.07) is 14.8. The van der Waals surface area contributed by atoms with E-state index in [0.717, 1.165) is 5.56 Å². The SMILES string of the molecule is C=CC1CC1(NC(=O)[C@@H]1C[C@@H](Oc2cc(-c3ccccc3)nc3cc(OC)ccc23)CN1C(=O)[C@@H](NC(=O)OC(C)(C)C)C(C)C)C(=O)O. The molecule has 3 amide bonds. The van der Waals surface area contributed by atoms with Gasteiger partial charge in [-0.3, -0.25) is 9.59 Å². The Bertz CT molecular complexity index is 1750. The number of nitrogens with zero attached hydrogens (tertiary/aromatic N) is 2. The number of nitrogens with one attached hydrogen (secondary N) is 2. The van der Waals surface area contributed by atoms with Crippen LogP contribution in [0.4, 0.5) is 4.79 Å². The van der Waals surface area contributed by atoms with Gasteiger partial charge in [-0.1, -0.05) is 50.3 Å². The molecule has 0 spiro atoms. The highest BCUT2D eigenvalue weighted by molar-refractivity contribution is 5.96. The number of carboxylic acids is 1. The quantitative estimate of drug-likeness (QED) is 0.240. The molecular formula is C37H44N4O8. The molecule has 0 bridgehead atoms. The average Bonchev–Trinajstić information content (AvgIpc) is 3.61. The molecule has 5 rings (SSSR count). The highest BCUT2D eigenvalue weighted by Crippen LogP contribution is 2.45. The topological polar surface area (TPSA) is 156 Å². The smallest absolute Gasteiger partial charge is 0.408 e. The molecule has 0 radical (unpaired) electrons. The van der Waals surface area contributed by atoms with Gasteiger partial charge in [0.2, 0.25) is 11.8 Å². The van der Waals surface area contributed by atoms with Crippen molar-refractivity contribution in [2.45, 2.75) is 76.8 Å². The lowest BCUT2D eigenvalue weighted by Gasteiger charge is -2.31. The Morgan fingerprint density at radius 1 is 1.10 bits per heavy atom. The summed E-state index contributed by atoms with van der Waals surface area (Å²) >= 11 is 0. The van der Waals surface area contributed by atoms with Crippen LogP contribution in [0.1, 0.15) is 47.5 Å². The monoisotopic (exact) mass is 672 g/mol. The van der Waals surface area contributed by atoms with Crippen LogP contribution in [0.5, 0.6) is 11.5 Å². The zero-order chi connectivity index (χ0) is 35.7. The zero-order valence-corrected chi connectivity index (χ0v) is 28.7. The van der Waals surface area contributed by atoms with Crippen molar-refractivity contribution >= 4 is 34.8 Å². The molecule has 5 atom stereocenters. The van der Waals surface area contributed by atoms with Gasteiger partial charge in [0, 0.05) is 35.4 Å². The van der Waals surface area contributed by atoms with Crippen LogP contribution in [0.15, 0.2) is 67.3 Å². The van der Waals surface area contributed by atoms with Gasteiger partial charge < -0.3 is 34.9 Å². The molecule has 49 heavy (non-hydrogen) atoms. The summed E-state index contributed by atoms with van der Waals surface area (Å²) < 4.78 is 17.5. The van der Waals surface area contributed by atoms with Gasteiger partial charge in [-0.2, -0.15) is 0 Å². The second-order valence-corrected chi connectivity index (χ2v) is 13.9. The summed E-state index contributed by atoms with van der Waals surface area (Å²) in [5.41, 5.74) is -0.137. The fourth-order valence-corrected chi connectivity index (χ4v) is 6.16. The van der Waals surface area contributed by atoms with E-state index >= 15 is 0 Å². The van der Waals surface area contributed by atoms with Crippen molar-refractivity contribution in [3.05, 3.63) is 67.3 Å². The molecule has 12 nitrogen and oxygen atoms in total. The summed E-state index contributed by atoms with van der Waals surface area (Å²) in [5.74, 6) is -2.01. The van der Waals surface area contributed by atoms with Gasteiger partial charge in [0.15, 0.2) is 0 Å². The summed E-state index contributed by atoms with van der Waals surface area (Å²) in [6.45, 7) is 12.4. The van der Waals surface area contributed by atoms with Crippen molar-refractivity contribution in [2.75, 3.05) is 13.7 Å². The molecule has 1 saturated heterocycles. The molecule has 2 aliphatic rings. The maximum absolute atomic E-state index is 14.2. The number of benzene rings is 2. The molecule has 2 unspecified atom stereocenters. The number of ether oxygens (including phenoxy) is 3. The number of aliphatic carboxylic acids is 1. The largest absolute Gasteiger partial charge is 0.497 e. The zero-order valence-electron chi connectivity index (χ0n) is 28.7. The van der Waals surface area contributed by atoms with E-state index < -0.39 is 59.1 Å². The minimum Gasteiger partial charge on any atom is -0.497 e. The number of likely N-dealkylation sites (tertiary alicyclic amines) is 1. The average molecular weight is 673 g/mol. The molecule has 2 heterocycles. The lowest BCUT2D eigenvalue weighted by Crippen LogP contribution is -2.57. The number of amides is 3. The van der Waals surface area contributed by atoms with Gasteiger partial charge in [0.05, 0.1) is 24.9 Å². The second kappa shape index (κ2) is 13.8. The first-order chi connectivity index (χ1) is 23.2. The van der Waals surface area contributed by atoms with E-state index in [9.17, 15) is 24.3 Å². The molecule has 2 fully saturated rings. The predicted octanol–water partition coefficient (Wildman–Crippen LogP) is 4.95. The van der Waals surface area contributed by atoms with Crippen molar-refractivity contribution < 1.29 is 38.5 Å². The molecule has 260 valence electrons. The third-order valence-electron chi connectivity index (χ3n) is 8.82. The maximum Gasteiger partial charge on any atom is 0.408 e. The molecule has 3 aromatic rings. The lowest BCUT2D eigenvalue weighted by molar-refractivity contribution is -0.146.